The predicted octanol–water partition coefficient (Wildman–Crippen LogP) is 0.861. The van der Waals surface area contributed by atoms with Gasteiger partial charge >= 0.3 is 0 Å². The lowest BCUT2D eigenvalue weighted by Gasteiger charge is -2.08. The Kier molecular flexibility index (Phi) is 9.66. The first kappa shape index (κ1) is 17.5. The van der Waals surface area contributed by atoms with Crippen molar-refractivity contribution >= 4 is 0 Å². The molecule has 0 heterocycles. The Morgan fingerprint density at radius 2 is 1.11 bits per heavy atom. The molecule has 0 bridgehead atoms. The van der Waals surface area contributed by atoms with Gasteiger partial charge in [0.2, 0.25) is 0 Å². The molecule has 106 valence electrons. The Balaban J connectivity index is 4.15. The van der Waals surface area contributed by atoms with E-state index in [2.05, 4.69) is 6.58 Å². The largest absolute Gasteiger partial charge is 0.386 e. The normalized spacial score (nSPS) is 19.4. The Bertz CT molecular complexity index is 355. The summed E-state index contributed by atoms with van der Waals surface area (Å²) in [4.78, 5) is 0. The molecule has 0 aliphatic carbocycles. The standard InChI is InChI=1S/C15H22O4/c1-3-9-13(17)15(19)11-8-6-5-7-10-14(18)12(16)4-2/h3-19H,2H2,1H3/b6-5+,9-3+,10-7+,11-8?/t12-,13-,14+,15-/m1/s1. The molecular weight excluding hydrogens is 244 g/mol. The van der Waals surface area contributed by atoms with Crippen LogP contribution in [0.2, 0.25) is 0 Å². The molecule has 4 atom stereocenters. The Labute approximate surface area is 114 Å². The molecule has 0 saturated carbocycles. The second kappa shape index (κ2) is 10.5. The molecule has 0 aromatic heterocycles. The highest BCUT2D eigenvalue weighted by atomic mass is 16.3. The van der Waals surface area contributed by atoms with Crippen LogP contribution in [0.4, 0.5) is 0 Å². The van der Waals surface area contributed by atoms with Crippen LogP contribution in [0.25, 0.3) is 0 Å². The molecule has 0 fully saturated rings. The average molecular weight is 266 g/mol. The van der Waals surface area contributed by atoms with Gasteiger partial charge in [-0.25, -0.2) is 0 Å². The van der Waals surface area contributed by atoms with Crippen molar-refractivity contribution in [2.24, 2.45) is 0 Å². The lowest BCUT2D eigenvalue weighted by atomic mass is 10.1. The Morgan fingerprint density at radius 1 is 0.684 bits per heavy atom. The predicted molar refractivity (Wildman–Crippen MR) is 76.5 cm³/mol. The number of allylic oxidation sites excluding steroid dienone is 5. The summed E-state index contributed by atoms with van der Waals surface area (Å²) in [7, 11) is 0. The first-order valence-corrected chi connectivity index (χ1v) is 6.02. The molecule has 0 unspecified atom stereocenters. The van der Waals surface area contributed by atoms with Gasteiger partial charge in [-0.1, -0.05) is 54.7 Å². The van der Waals surface area contributed by atoms with E-state index in [1.54, 1.807) is 37.3 Å². The molecule has 4 heteroatoms. The fourth-order valence-electron chi connectivity index (χ4n) is 1.16. The van der Waals surface area contributed by atoms with Crippen molar-refractivity contribution in [3.63, 3.8) is 0 Å². The maximum Gasteiger partial charge on any atom is 0.102 e. The molecule has 0 rings (SSSR count). The van der Waals surface area contributed by atoms with Crippen LogP contribution in [-0.2, 0) is 0 Å². The number of aliphatic hydroxyl groups excluding tert-OH is 4. The third-order valence-electron chi connectivity index (χ3n) is 2.28. The van der Waals surface area contributed by atoms with Crippen molar-refractivity contribution in [1.29, 1.82) is 0 Å². The van der Waals surface area contributed by atoms with E-state index in [-0.39, 0.29) is 0 Å². The van der Waals surface area contributed by atoms with E-state index in [4.69, 9.17) is 0 Å². The third kappa shape index (κ3) is 8.29. The minimum atomic E-state index is -0.992. The van der Waals surface area contributed by atoms with Gasteiger partial charge in [0.05, 0.1) is 0 Å². The van der Waals surface area contributed by atoms with E-state index in [1.807, 2.05) is 0 Å². The zero-order chi connectivity index (χ0) is 14.7. The number of hydrogen-bond donors (Lipinski definition) is 4. The average Bonchev–Trinajstić information content (AvgIpc) is 2.41. The zero-order valence-corrected chi connectivity index (χ0v) is 11.0. The van der Waals surface area contributed by atoms with E-state index in [0.29, 0.717) is 0 Å². The first-order valence-electron chi connectivity index (χ1n) is 6.02. The van der Waals surface area contributed by atoms with E-state index in [1.165, 1.54) is 24.3 Å². The monoisotopic (exact) mass is 266 g/mol. The van der Waals surface area contributed by atoms with Crippen molar-refractivity contribution in [3.8, 4) is 0 Å². The molecule has 0 aliphatic heterocycles. The molecule has 4 nitrogen and oxygen atoms in total. The lowest BCUT2D eigenvalue weighted by Crippen LogP contribution is -2.20. The van der Waals surface area contributed by atoms with Gasteiger partial charge in [-0.05, 0) is 6.92 Å². The topological polar surface area (TPSA) is 80.9 Å². The number of rotatable bonds is 8. The van der Waals surface area contributed by atoms with E-state index < -0.39 is 24.4 Å². The van der Waals surface area contributed by atoms with Gasteiger partial charge in [-0.2, -0.15) is 0 Å². The van der Waals surface area contributed by atoms with Gasteiger partial charge in [0, 0.05) is 0 Å². The summed E-state index contributed by atoms with van der Waals surface area (Å²) < 4.78 is 0. The van der Waals surface area contributed by atoms with E-state index in [9.17, 15) is 20.4 Å². The summed E-state index contributed by atoms with van der Waals surface area (Å²) >= 11 is 0. The summed E-state index contributed by atoms with van der Waals surface area (Å²) in [6.45, 7) is 5.12. The summed E-state index contributed by atoms with van der Waals surface area (Å²) in [5.41, 5.74) is 0. The molecule has 0 aromatic rings. The summed E-state index contributed by atoms with van der Waals surface area (Å²) in [6.07, 6.45) is 9.81. The van der Waals surface area contributed by atoms with Crippen LogP contribution in [0, 0.1) is 0 Å². The highest BCUT2D eigenvalue weighted by Crippen LogP contribution is 1.99. The van der Waals surface area contributed by atoms with Crippen molar-refractivity contribution in [1.82, 2.24) is 0 Å². The van der Waals surface area contributed by atoms with Crippen LogP contribution >= 0.6 is 0 Å². The quantitative estimate of drug-likeness (QED) is 0.388. The Morgan fingerprint density at radius 3 is 1.53 bits per heavy atom. The van der Waals surface area contributed by atoms with Crippen molar-refractivity contribution in [2.45, 2.75) is 31.3 Å². The molecule has 0 amide bonds. The van der Waals surface area contributed by atoms with Crippen LogP contribution in [0.5, 0.6) is 0 Å². The summed E-state index contributed by atoms with van der Waals surface area (Å²) in [6, 6.07) is 0. The molecule has 4 N–H and O–H groups in total. The summed E-state index contributed by atoms with van der Waals surface area (Å²) in [5, 5.41) is 37.4. The lowest BCUT2D eigenvalue weighted by molar-refractivity contribution is 0.0808. The third-order valence-corrected chi connectivity index (χ3v) is 2.28. The molecule has 19 heavy (non-hydrogen) atoms. The molecule has 0 radical (unpaired) electrons. The fraction of sp³-hybridized carbons (Fsp3) is 0.333. The second-order valence-corrected chi connectivity index (χ2v) is 3.88. The van der Waals surface area contributed by atoms with Gasteiger partial charge in [-0.15, -0.1) is 6.58 Å². The van der Waals surface area contributed by atoms with Crippen LogP contribution in [0.15, 0.2) is 61.3 Å². The molecule has 0 saturated heterocycles. The van der Waals surface area contributed by atoms with E-state index in [0.717, 1.165) is 0 Å². The van der Waals surface area contributed by atoms with Crippen molar-refractivity contribution in [2.75, 3.05) is 0 Å². The van der Waals surface area contributed by atoms with E-state index >= 15 is 0 Å². The van der Waals surface area contributed by atoms with Crippen LogP contribution in [-0.4, -0.2) is 44.8 Å². The first-order chi connectivity index (χ1) is 9.02. The second-order valence-electron chi connectivity index (χ2n) is 3.88. The highest BCUT2D eigenvalue weighted by molar-refractivity contribution is 5.15. The molecular formula is C15H22O4. The SMILES string of the molecule is C=C[C@@H](O)[C@@H](O)/C=C/C=C/C=C[C@@H](O)[C@H](O)/C=C/C. The fourth-order valence-corrected chi connectivity index (χ4v) is 1.16. The number of hydrogen-bond acceptors (Lipinski definition) is 4. The molecule has 0 aliphatic rings. The Hall–Kier alpha value is -1.46. The van der Waals surface area contributed by atoms with Crippen LogP contribution in [0.1, 0.15) is 6.92 Å². The van der Waals surface area contributed by atoms with Gasteiger partial charge < -0.3 is 20.4 Å². The molecule has 0 spiro atoms. The minimum absolute atomic E-state index is 0.922. The van der Waals surface area contributed by atoms with Gasteiger partial charge in [0.1, 0.15) is 24.4 Å². The van der Waals surface area contributed by atoms with Crippen molar-refractivity contribution in [3.05, 3.63) is 61.3 Å². The van der Waals surface area contributed by atoms with Gasteiger partial charge in [0.25, 0.3) is 0 Å². The summed E-state index contributed by atoms with van der Waals surface area (Å²) in [5.74, 6) is 0. The van der Waals surface area contributed by atoms with Crippen molar-refractivity contribution < 1.29 is 20.4 Å². The minimum Gasteiger partial charge on any atom is -0.386 e. The maximum atomic E-state index is 9.47. The highest BCUT2D eigenvalue weighted by Gasteiger charge is 2.07. The number of aliphatic hydroxyl groups is 4. The van der Waals surface area contributed by atoms with Crippen LogP contribution < -0.4 is 0 Å². The van der Waals surface area contributed by atoms with Gasteiger partial charge in [-0.3, -0.25) is 0 Å². The van der Waals surface area contributed by atoms with Crippen LogP contribution in [0.3, 0.4) is 0 Å². The smallest absolute Gasteiger partial charge is 0.102 e. The maximum absolute atomic E-state index is 9.47. The van der Waals surface area contributed by atoms with Gasteiger partial charge in [0.15, 0.2) is 0 Å². The zero-order valence-electron chi connectivity index (χ0n) is 11.0. The molecule has 0 aromatic carbocycles.